The predicted octanol–water partition coefficient (Wildman–Crippen LogP) is 0.120. The van der Waals surface area contributed by atoms with Gasteiger partial charge >= 0.3 is 0 Å². The van der Waals surface area contributed by atoms with Crippen LogP contribution in [0.2, 0.25) is 0 Å². The molecule has 78 valence electrons. The lowest BCUT2D eigenvalue weighted by molar-refractivity contribution is 0.602. The van der Waals surface area contributed by atoms with Gasteiger partial charge in [0.15, 0.2) is 0 Å². The minimum absolute atomic E-state index is 0.0920. The van der Waals surface area contributed by atoms with Gasteiger partial charge in [0.1, 0.15) is 9.84 Å². The average Bonchev–Trinajstić information content (AvgIpc) is 2.06. The fraction of sp³-hybridized carbons (Fsp3) is 0.375. The summed E-state index contributed by atoms with van der Waals surface area (Å²) in [6, 6.07) is 1.71. The lowest BCUT2D eigenvalue weighted by atomic mass is 10.3. The van der Waals surface area contributed by atoms with Crippen LogP contribution in [0.15, 0.2) is 18.5 Å². The second-order valence-electron chi connectivity index (χ2n) is 3.02. The zero-order chi connectivity index (χ0) is 10.6. The van der Waals surface area contributed by atoms with Crippen molar-refractivity contribution >= 4 is 21.2 Å². The van der Waals surface area contributed by atoms with E-state index in [2.05, 4.69) is 10.3 Å². The minimum Gasteiger partial charge on any atom is -0.396 e. The van der Waals surface area contributed by atoms with Gasteiger partial charge in [-0.2, -0.15) is 0 Å². The van der Waals surface area contributed by atoms with Gasteiger partial charge in [-0.1, -0.05) is 0 Å². The molecule has 0 spiro atoms. The Hall–Kier alpha value is -1.30. The topological polar surface area (TPSA) is 85.1 Å². The van der Waals surface area contributed by atoms with Crippen molar-refractivity contribution in [2.24, 2.45) is 0 Å². The van der Waals surface area contributed by atoms with Crippen LogP contribution in [-0.4, -0.2) is 32.0 Å². The molecule has 0 aliphatic rings. The van der Waals surface area contributed by atoms with Crippen LogP contribution in [0, 0.1) is 0 Å². The second-order valence-corrected chi connectivity index (χ2v) is 5.28. The first-order valence-corrected chi connectivity index (χ1v) is 6.16. The van der Waals surface area contributed by atoms with Crippen molar-refractivity contribution in [2.75, 3.05) is 29.6 Å². The Balaban J connectivity index is 2.51. The Morgan fingerprint density at radius 3 is 2.86 bits per heavy atom. The molecule has 6 heteroatoms. The summed E-state index contributed by atoms with van der Waals surface area (Å²) < 4.78 is 21.6. The lowest BCUT2D eigenvalue weighted by Gasteiger charge is -2.07. The number of rotatable bonds is 4. The molecule has 0 saturated heterocycles. The van der Waals surface area contributed by atoms with Crippen LogP contribution < -0.4 is 11.1 Å². The van der Waals surface area contributed by atoms with E-state index >= 15 is 0 Å². The summed E-state index contributed by atoms with van der Waals surface area (Å²) in [6.07, 6.45) is 4.31. The molecule has 5 nitrogen and oxygen atoms in total. The van der Waals surface area contributed by atoms with Crippen molar-refractivity contribution in [1.29, 1.82) is 0 Å². The van der Waals surface area contributed by atoms with Crippen molar-refractivity contribution in [3.8, 4) is 0 Å². The molecule has 1 aromatic rings. The molecule has 1 heterocycles. The first kappa shape index (κ1) is 10.8. The van der Waals surface area contributed by atoms with Gasteiger partial charge in [0, 0.05) is 19.0 Å². The summed E-state index contributed by atoms with van der Waals surface area (Å²) in [5, 5.41) is 2.93. The molecule has 0 saturated carbocycles. The molecule has 0 fully saturated rings. The average molecular weight is 215 g/mol. The molecule has 0 atom stereocenters. The Labute approximate surface area is 83.3 Å². The van der Waals surface area contributed by atoms with E-state index < -0.39 is 9.84 Å². The van der Waals surface area contributed by atoms with Gasteiger partial charge in [-0.05, 0) is 6.07 Å². The molecule has 14 heavy (non-hydrogen) atoms. The summed E-state index contributed by atoms with van der Waals surface area (Å²) in [6.45, 7) is 0.354. The van der Waals surface area contributed by atoms with Crippen molar-refractivity contribution in [3.05, 3.63) is 18.5 Å². The SMILES string of the molecule is CS(=O)(=O)CCNc1ccncc1N. The smallest absolute Gasteiger partial charge is 0.149 e. The third kappa shape index (κ3) is 3.61. The van der Waals surface area contributed by atoms with Gasteiger partial charge in [-0.15, -0.1) is 0 Å². The van der Waals surface area contributed by atoms with E-state index in [0.717, 1.165) is 0 Å². The quantitative estimate of drug-likeness (QED) is 0.745. The normalized spacial score (nSPS) is 11.2. The summed E-state index contributed by atoms with van der Waals surface area (Å²) in [5.74, 6) is 0.0920. The minimum atomic E-state index is -2.93. The monoisotopic (exact) mass is 215 g/mol. The van der Waals surface area contributed by atoms with Crippen molar-refractivity contribution in [2.45, 2.75) is 0 Å². The van der Waals surface area contributed by atoms with E-state index in [9.17, 15) is 8.42 Å². The van der Waals surface area contributed by atoms with Crippen LogP contribution in [-0.2, 0) is 9.84 Å². The van der Waals surface area contributed by atoms with Crippen LogP contribution in [0.5, 0.6) is 0 Å². The number of anilines is 2. The first-order chi connectivity index (χ1) is 6.49. The summed E-state index contributed by atoms with van der Waals surface area (Å²) >= 11 is 0. The van der Waals surface area contributed by atoms with Gasteiger partial charge in [0.05, 0.1) is 23.3 Å². The summed E-state index contributed by atoms with van der Waals surface area (Å²) in [5.41, 5.74) is 6.82. The number of nitrogens with zero attached hydrogens (tertiary/aromatic N) is 1. The zero-order valence-corrected chi connectivity index (χ0v) is 8.71. The number of aromatic nitrogens is 1. The Bertz CT molecular complexity index is 403. The highest BCUT2D eigenvalue weighted by Crippen LogP contribution is 2.14. The molecule has 0 amide bonds. The van der Waals surface area contributed by atoms with Crippen molar-refractivity contribution in [1.82, 2.24) is 4.98 Å². The van der Waals surface area contributed by atoms with E-state index in [1.807, 2.05) is 0 Å². The molecule has 1 rings (SSSR count). The Morgan fingerprint density at radius 2 is 2.29 bits per heavy atom. The lowest BCUT2D eigenvalue weighted by Crippen LogP contribution is -2.14. The van der Waals surface area contributed by atoms with E-state index in [-0.39, 0.29) is 5.75 Å². The fourth-order valence-electron chi connectivity index (χ4n) is 0.939. The van der Waals surface area contributed by atoms with Gasteiger partial charge in [-0.25, -0.2) is 8.42 Å². The van der Waals surface area contributed by atoms with Gasteiger partial charge in [-0.3, -0.25) is 4.98 Å². The molecular weight excluding hydrogens is 202 g/mol. The van der Waals surface area contributed by atoms with E-state index in [0.29, 0.717) is 17.9 Å². The summed E-state index contributed by atoms with van der Waals surface area (Å²) in [7, 11) is -2.93. The van der Waals surface area contributed by atoms with Crippen molar-refractivity contribution in [3.63, 3.8) is 0 Å². The van der Waals surface area contributed by atoms with E-state index in [1.54, 1.807) is 12.3 Å². The van der Waals surface area contributed by atoms with Gasteiger partial charge in [0.25, 0.3) is 0 Å². The molecule has 0 unspecified atom stereocenters. The number of hydrogen-bond acceptors (Lipinski definition) is 5. The van der Waals surface area contributed by atoms with Crippen LogP contribution in [0.3, 0.4) is 0 Å². The van der Waals surface area contributed by atoms with Crippen molar-refractivity contribution < 1.29 is 8.42 Å². The van der Waals surface area contributed by atoms with Crippen LogP contribution in [0.1, 0.15) is 0 Å². The standard InChI is InChI=1S/C8H13N3O2S/c1-14(12,13)5-4-11-8-2-3-10-6-7(8)9/h2-3,6H,4-5,9H2,1H3,(H,10,11). The van der Waals surface area contributed by atoms with Crippen LogP contribution in [0.4, 0.5) is 11.4 Å². The molecule has 0 aliphatic heterocycles. The highest BCUT2D eigenvalue weighted by Gasteiger charge is 2.02. The van der Waals surface area contributed by atoms with E-state index in [4.69, 9.17) is 5.73 Å². The Kier molecular flexibility index (Phi) is 3.29. The highest BCUT2D eigenvalue weighted by atomic mass is 32.2. The molecule has 0 radical (unpaired) electrons. The number of nitrogens with two attached hydrogens (primary N) is 1. The number of hydrogen-bond donors (Lipinski definition) is 2. The molecular formula is C8H13N3O2S. The Morgan fingerprint density at radius 1 is 1.57 bits per heavy atom. The number of nitrogen functional groups attached to an aromatic ring is 1. The van der Waals surface area contributed by atoms with E-state index in [1.165, 1.54) is 12.5 Å². The molecule has 0 aliphatic carbocycles. The maximum Gasteiger partial charge on any atom is 0.149 e. The predicted molar refractivity (Wildman–Crippen MR) is 56.8 cm³/mol. The van der Waals surface area contributed by atoms with Gasteiger partial charge < -0.3 is 11.1 Å². The second kappa shape index (κ2) is 4.28. The zero-order valence-electron chi connectivity index (χ0n) is 7.90. The number of sulfone groups is 1. The third-order valence-corrected chi connectivity index (χ3v) is 2.59. The summed E-state index contributed by atoms with van der Waals surface area (Å²) in [4.78, 5) is 3.82. The van der Waals surface area contributed by atoms with Crippen LogP contribution in [0.25, 0.3) is 0 Å². The molecule has 1 aromatic heterocycles. The molecule has 0 aromatic carbocycles. The fourth-order valence-corrected chi connectivity index (χ4v) is 1.41. The molecule has 0 bridgehead atoms. The third-order valence-electron chi connectivity index (χ3n) is 1.64. The number of nitrogens with one attached hydrogen (secondary N) is 1. The highest BCUT2D eigenvalue weighted by molar-refractivity contribution is 7.90. The van der Waals surface area contributed by atoms with Gasteiger partial charge in [0.2, 0.25) is 0 Å². The number of pyridine rings is 1. The largest absolute Gasteiger partial charge is 0.396 e. The maximum atomic E-state index is 10.8. The first-order valence-electron chi connectivity index (χ1n) is 4.10. The maximum absolute atomic E-state index is 10.8. The molecule has 3 N–H and O–H groups in total. The van der Waals surface area contributed by atoms with Crippen LogP contribution >= 0.6 is 0 Å².